The maximum absolute atomic E-state index is 13.7. The first kappa shape index (κ1) is 16.1. The Bertz CT molecular complexity index is 887. The highest BCUT2D eigenvalue weighted by Crippen LogP contribution is 2.34. The summed E-state index contributed by atoms with van der Waals surface area (Å²) in [5, 5.41) is 0. The predicted octanol–water partition coefficient (Wildman–Crippen LogP) is 5.71. The Morgan fingerprint density at radius 2 is 1.38 bits per heavy atom. The molecule has 2 aromatic carbocycles. The van der Waals surface area contributed by atoms with E-state index in [-0.39, 0.29) is 5.56 Å². The molecule has 3 rings (SSSR count). The molecule has 0 unspecified atom stereocenters. The Labute approximate surface area is 134 Å². The fraction of sp³-hybridized carbons (Fsp3) is 0.0556. The second kappa shape index (κ2) is 6.03. The third kappa shape index (κ3) is 3.27. The van der Waals surface area contributed by atoms with Crippen LogP contribution in [0.1, 0.15) is 5.56 Å². The fourth-order valence-corrected chi connectivity index (χ4v) is 2.35. The van der Waals surface area contributed by atoms with Crippen LogP contribution in [-0.2, 0) is 6.18 Å². The van der Waals surface area contributed by atoms with Crippen LogP contribution in [0.25, 0.3) is 22.3 Å². The molecule has 0 bridgehead atoms. The fourth-order valence-electron chi connectivity index (χ4n) is 2.35. The number of nitrogens with zero attached hydrogens (tertiary/aromatic N) is 1. The highest BCUT2D eigenvalue weighted by atomic mass is 19.4. The van der Waals surface area contributed by atoms with Crippen LogP contribution in [0.15, 0.2) is 60.9 Å². The maximum Gasteiger partial charge on any atom is 0.419 e. The van der Waals surface area contributed by atoms with Crippen molar-refractivity contribution in [2.75, 3.05) is 0 Å². The summed E-state index contributed by atoms with van der Waals surface area (Å²) in [4.78, 5) is 4.00. The molecule has 0 radical (unpaired) electrons. The lowest BCUT2D eigenvalue weighted by Gasteiger charge is -2.10. The van der Waals surface area contributed by atoms with Crippen molar-refractivity contribution >= 4 is 0 Å². The average Bonchev–Trinajstić information content (AvgIpc) is 2.54. The second-order valence-electron chi connectivity index (χ2n) is 5.17. The molecule has 6 heteroatoms. The normalized spacial score (nSPS) is 11.5. The maximum atomic E-state index is 13.7. The Hall–Kier alpha value is -2.76. The molecule has 1 heterocycles. The van der Waals surface area contributed by atoms with Crippen molar-refractivity contribution in [2.45, 2.75) is 6.18 Å². The van der Waals surface area contributed by atoms with Gasteiger partial charge in [0.25, 0.3) is 0 Å². The Morgan fingerprint density at radius 1 is 0.708 bits per heavy atom. The Kier molecular flexibility index (Phi) is 4.05. The van der Waals surface area contributed by atoms with Gasteiger partial charge in [0.1, 0.15) is 11.6 Å². The van der Waals surface area contributed by atoms with Crippen molar-refractivity contribution < 1.29 is 22.0 Å². The van der Waals surface area contributed by atoms with Crippen LogP contribution in [0.2, 0.25) is 0 Å². The van der Waals surface area contributed by atoms with Crippen LogP contribution in [0, 0.1) is 11.6 Å². The van der Waals surface area contributed by atoms with E-state index in [4.69, 9.17) is 0 Å². The van der Waals surface area contributed by atoms with Gasteiger partial charge in [-0.3, -0.25) is 4.98 Å². The summed E-state index contributed by atoms with van der Waals surface area (Å²) >= 11 is 0. The molecule has 122 valence electrons. The third-order valence-electron chi connectivity index (χ3n) is 3.50. The molecule has 24 heavy (non-hydrogen) atoms. The minimum Gasteiger partial charge on any atom is -0.263 e. The SMILES string of the molecule is Fc1cccc(-c2cncc(-c3ccc(C(F)(F)F)c(F)c3)c2)c1. The monoisotopic (exact) mass is 335 g/mol. The van der Waals surface area contributed by atoms with Crippen molar-refractivity contribution in [1.82, 2.24) is 4.98 Å². The van der Waals surface area contributed by atoms with Gasteiger partial charge in [-0.05, 0) is 41.5 Å². The number of rotatable bonds is 2. The molecule has 0 spiro atoms. The summed E-state index contributed by atoms with van der Waals surface area (Å²) in [5.74, 6) is -1.77. The first-order chi connectivity index (χ1) is 11.3. The van der Waals surface area contributed by atoms with Crippen LogP contribution in [0.3, 0.4) is 0 Å². The number of aromatic nitrogens is 1. The highest BCUT2D eigenvalue weighted by Gasteiger charge is 2.33. The molecule has 1 aromatic heterocycles. The van der Waals surface area contributed by atoms with Gasteiger partial charge in [-0.15, -0.1) is 0 Å². The van der Waals surface area contributed by atoms with Gasteiger partial charge in [-0.1, -0.05) is 18.2 Å². The third-order valence-corrected chi connectivity index (χ3v) is 3.50. The molecule has 0 amide bonds. The minimum atomic E-state index is -4.75. The molecule has 3 aromatic rings. The first-order valence-electron chi connectivity index (χ1n) is 6.93. The van der Waals surface area contributed by atoms with Gasteiger partial charge in [0.15, 0.2) is 0 Å². The van der Waals surface area contributed by atoms with Crippen molar-refractivity contribution in [3.63, 3.8) is 0 Å². The molecular weight excluding hydrogens is 325 g/mol. The van der Waals surface area contributed by atoms with Gasteiger partial charge in [-0.25, -0.2) is 8.78 Å². The van der Waals surface area contributed by atoms with E-state index >= 15 is 0 Å². The quantitative estimate of drug-likeness (QED) is 0.546. The van der Waals surface area contributed by atoms with Crippen LogP contribution in [0.4, 0.5) is 22.0 Å². The highest BCUT2D eigenvalue weighted by molar-refractivity contribution is 5.71. The molecular formula is C18H10F5N. The standard InChI is InChI=1S/C18H10F5N/c19-15-3-1-2-11(7-15)13-6-14(10-24-9-13)12-4-5-16(17(20)8-12)18(21,22)23/h1-10H. The lowest BCUT2D eigenvalue weighted by Crippen LogP contribution is -2.07. The molecule has 0 N–H and O–H groups in total. The summed E-state index contributed by atoms with van der Waals surface area (Å²) in [6.07, 6.45) is -1.84. The summed E-state index contributed by atoms with van der Waals surface area (Å²) in [5.41, 5.74) is 0.514. The summed E-state index contributed by atoms with van der Waals surface area (Å²) < 4.78 is 64.9. The molecule has 0 aliphatic heterocycles. The number of alkyl halides is 3. The molecule has 0 fully saturated rings. The van der Waals surface area contributed by atoms with Gasteiger partial charge in [0.2, 0.25) is 0 Å². The molecule has 0 aliphatic carbocycles. The molecule has 0 saturated carbocycles. The van der Waals surface area contributed by atoms with E-state index in [1.165, 1.54) is 36.7 Å². The second-order valence-corrected chi connectivity index (χ2v) is 5.17. The Balaban J connectivity index is 2.02. The number of benzene rings is 2. The van der Waals surface area contributed by atoms with E-state index in [0.717, 1.165) is 6.07 Å². The molecule has 0 aliphatic rings. The predicted molar refractivity (Wildman–Crippen MR) is 80.0 cm³/mol. The van der Waals surface area contributed by atoms with Crippen LogP contribution < -0.4 is 0 Å². The van der Waals surface area contributed by atoms with Crippen molar-refractivity contribution in [2.24, 2.45) is 0 Å². The summed E-state index contributed by atoms with van der Waals surface area (Å²) in [6.45, 7) is 0. The summed E-state index contributed by atoms with van der Waals surface area (Å²) in [7, 11) is 0. The van der Waals surface area contributed by atoms with Crippen LogP contribution >= 0.6 is 0 Å². The van der Waals surface area contributed by atoms with Gasteiger partial charge in [0.05, 0.1) is 5.56 Å². The van der Waals surface area contributed by atoms with E-state index in [1.54, 1.807) is 12.1 Å². The first-order valence-corrected chi connectivity index (χ1v) is 6.93. The number of hydrogen-bond acceptors (Lipinski definition) is 1. The summed E-state index contributed by atoms with van der Waals surface area (Å²) in [6, 6.07) is 10.1. The molecule has 1 nitrogen and oxygen atoms in total. The van der Waals surface area contributed by atoms with Gasteiger partial charge < -0.3 is 0 Å². The Morgan fingerprint density at radius 3 is 1.96 bits per heavy atom. The molecule has 0 saturated heterocycles. The van der Waals surface area contributed by atoms with Crippen LogP contribution in [-0.4, -0.2) is 4.98 Å². The lowest BCUT2D eigenvalue weighted by molar-refractivity contribution is -0.139. The lowest BCUT2D eigenvalue weighted by atomic mass is 10.0. The van der Waals surface area contributed by atoms with E-state index < -0.39 is 23.4 Å². The number of hydrogen-bond donors (Lipinski definition) is 0. The van der Waals surface area contributed by atoms with Gasteiger partial charge in [0, 0.05) is 23.5 Å². The van der Waals surface area contributed by atoms with Crippen molar-refractivity contribution in [3.8, 4) is 22.3 Å². The zero-order chi connectivity index (χ0) is 17.3. The number of pyridine rings is 1. The smallest absolute Gasteiger partial charge is 0.263 e. The zero-order valence-electron chi connectivity index (χ0n) is 12.1. The van der Waals surface area contributed by atoms with Crippen molar-refractivity contribution in [3.05, 3.63) is 78.1 Å². The van der Waals surface area contributed by atoms with Crippen molar-refractivity contribution in [1.29, 1.82) is 0 Å². The van der Waals surface area contributed by atoms with Gasteiger partial charge >= 0.3 is 6.18 Å². The van der Waals surface area contributed by atoms with E-state index in [9.17, 15) is 22.0 Å². The molecule has 0 atom stereocenters. The zero-order valence-corrected chi connectivity index (χ0v) is 12.1. The average molecular weight is 335 g/mol. The largest absolute Gasteiger partial charge is 0.419 e. The number of halogens is 5. The van der Waals surface area contributed by atoms with Crippen LogP contribution in [0.5, 0.6) is 0 Å². The topological polar surface area (TPSA) is 12.9 Å². The minimum absolute atomic E-state index is 0.256. The van der Waals surface area contributed by atoms with E-state index in [0.29, 0.717) is 22.8 Å². The van der Waals surface area contributed by atoms with E-state index in [1.807, 2.05) is 0 Å². The van der Waals surface area contributed by atoms with E-state index in [2.05, 4.69) is 4.98 Å². The van der Waals surface area contributed by atoms with Gasteiger partial charge in [-0.2, -0.15) is 13.2 Å².